The van der Waals surface area contributed by atoms with Gasteiger partial charge in [0.05, 0.1) is 11.2 Å². The highest BCUT2D eigenvalue weighted by Gasteiger charge is 2.22. The van der Waals surface area contributed by atoms with E-state index in [0.29, 0.717) is 0 Å². The smallest absolute Gasteiger partial charge is 0.143 e. The largest absolute Gasteiger partial charge is 0.455 e. The van der Waals surface area contributed by atoms with Crippen LogP contribution in [-0.4, -0.2) is 4.57 Å². The number of hydrogen-bond acceptors (Lipinski definition) is 3. The Bertz CT molecular complexity index is 7030. The normalized spacial score (nSPS) is 10.8. The summed E-state index contributed by atoms with van der Waals surface area (Å²) in [6.07, 6.45) is 0. The van der Waals surface area contributed by atoms with Crippen molar-refractivity contribution in [1.29, 1.82) is 0 Å². The highest BCUT2D eigenvalue weighted by atomic mass is 32.1. The number of nitrogens with zero attached hydrogens (tertiary/aromatic N) is 1. The van der Waals surface area contributed by atoms with Crippen LogP contribution in [0.25, 0.3) is 169 Å². The van der Waals surface area contributed by atoms with Gasteiger partial charge in [0.25, 0.3) is 0 Å². The lowest BCUT2D eigenvalue weighted by Gasteiger charge is -2.13. The summed E-state index contributed by atoms with van der Waals surface area (Å²) in [5, 5.41) is 6.37. The number of benzene rings is 18. The Hall–Kier alpha value is -14.8. The second-order valence-electron chi connectivity index (χ2n) is 31.5. The topological polar surface area (TPSA) is 18.1 Å². The Kier molecular flexibility index (Phi) is 25.5. The highest BCUT2D eigenvalue weighted by Crippen LogP contribution is 2.45. The lowest BCUT2D eigenvalue weighted by Crippen LogP contribution is -1.97. The van der Waals surface area contributed by atoms with Crippen LogP contribution in [0.3, 0.4) is 0 Å². The molecule has 2 nitrogen and oxygen atoms in total. The molecule has 18 aromatic carbocycles. The molecular weight excluding hydrogens is 1540 g/mol. The van der Waals surface area contributed by atoms with Crippen molar-refractivity contribution in [2.45, 2.75) is 41.5 Å². The Morgan fingerprint density at radius 1 is 0.210 bits per heavy atom. The summed E-state index contributed by atoms with van der Waals surface area (Å²) >= 11 is 3.73. The number of fused-ring (bicyclic) bond motifs is 7. The van der Waals surface area contributed by atoms with Crippen molar-refractivity contribution in [1.82, 2.24) is 4.57 Å². The molecule has 0 saturated carbocycles. The van der Waals surface area contributed by atoms with Gasteiger partial charge >= 0.3 is 0 Å². The maximum absolute atomic E-state index is 6.07. The highest BCUT2D eigenvalue weighted by molar-refractivity contribution is 7.26. The fraction of sp³-hybridized carbons (Fsp3) is 0.0500. The monoisotopic (exact) mass is 1630 g/mol. The zero-order chi connectivity index (χ0) is 84.5. The van der Waals surface area contributed by atoms with E-state index in [2.05, 4.69) is 495 Å². The predicted octanol–water partition coefficient (Wildman–Crippen LogP) is 34.9. The van der Waals surface area contributed by atoms with Crippen molar-refractivity contribution in [2.24, 2.45) is 0 Å². The van der Waals surface area contributed by atoms with Gasteiger partial charge in [0.15, 0.2) is 0 Å². The fourth-order valence-corrected chi connectivity index (χ4v) is 18.3. The van der Waals surface area contributed by atoms with Gasteiger partial charge in [0, 0.05) is 62.9 Å². The average Bonchev–Trinajstić information content (AvgIpc) is 1.59. The average molecular weight is 1630 g/mol. The van der Waals surface area contributed by atoms with Gasteiger partial charge in [-0.3, -0.25) is 0 Å². The van der Waals surface area contributed by atoms with Gasteiger partial charge in [-0.2, -0.15) is 0 Å². The first-order chi connectivity index (χ1) is 61.0. The van der Waals surface area contributed by atoms with E-state index in [4.69, 9.17) is 4.42 Å². The van der Waals surface area contributed by atoms with Crippen molar-refractivity contribution in [2.75, 3.05) is 0 Å². The number of rotatable bonds is 11. The zero-order valence-electron chi connectivity index (χ0n) is 70.6. The number of aryl methyl sites for hydroxylation is 6. The van der Waals surface area contributed by atoms with E-state index < -0.39 is 0 Å². The Labute approximate surface area is 736 Å². The van der Waals surface area contributed by atoms with Crippen LogP contribution < -0.4 is 0 Å². The van der Waals surface area contributed by atoms with Crippen LogP contribution in [0, 0.1) is 41.5 Å². The quantitative estimate of drug-likeness (QED) is 0.126. The molecule has 0 spiro atoms. The molecular formula is C120H95NOS2. The van der Waals surface area contributed by atoms with E-state index in [1.165, 1.54) is 185 Å². The molecule has 124 heavy (non-hydrogen) atoms. The first-order valence-corrected chi connectivity index (χ1v) is 44.0. The summed E-state index contributed by atoms with van der Waals surface area (Å²) in [4.78, 5) is 2.65. The van der Waals surface area contributed by atoms with E-state index in [1.54, 1.807) is 0 Å². The molecule has 22 rings (SSSR count). The summed E-state index contributed by atoms with van der Waals surface area (Å²) in [6, 6.07) is 165. The number of furan rings is 1. The lowest BCUT2D eigenvalue weighted by atomic mass is 9.97. The third kappa shape index (κ3) is 19.2. The maximum Gasteiger partial charge on any atom is 0.143 e. The minimum atomic E-state index is 0.946. The zero-order valence-corrected chi connectivity index (χ0v) is 72.3. The van der Waals surface area contributed by atoms with Crippen LogP contribution in [0.5, 0.6) is 0 Å². The van der Waals surface area contributed by atoms with Crippen LogP contribution in [0.1, 0.15) is 33.4 Å². The molecule has 0 fully saturated rings. The number of hydrogen-bond donors (Lipinski definition) is 0. The van der Waals surface area contributed by atoms with Crippen molar-refractivity contribution >= 4 is 75.7 Å². The van der Waals surface area contributed by atoms with Crippen molar-refractivity contribution < 1.29 is 4.42 Å². The van der Waals surface area contributed by atoms with Crippen LogP contribution in [0.4, 0.5) is 0 Å². The van der Waals surface area contributed by atoms with Crippen molar-refractivity contribution in [3.05, 3.63) is 500 Å². The number of thiophene rings is 2. The van der Waals surface area contributed by atoms with Gasteiger partial charge < -0.3 is 8.98 Å². The van der Waals surface area contributed by atoms with Gasteiger partial charge in [-0.05, 0) is 185 Å². The molecule has 0 aliphatic heterocycles. The fourth-order valence-electron chi connectivity index (χ4n) is 16.0. The van der Waals surface area contributed by atoms with Gasteiger partial charge in [-0.25, -0.2) is 0 Å². The number of aromatic nitrogens is 1. The Balaban J connectivity index is 0.000000106. The van der Waals surface area contributed by atoms with Crippen LogP contribution in [0.2, 0.25) is 0 Å². The predicted molar refractivity (Wildman–Crippen MR) is 536 cm³/mol. The first-order valence-electron chi connectivity index (χ1n) is 42.4. The molecule has 0 aliphatic rings. The van der Waals surface area contributed by atoms with Crippen LogP contribution in [0.15, 0.2) is 472 Å². The third-order valence-corrected chi connectivity index (χ3v) is 24.9. The van der Waals surface area contributed by atoms with Crippen molar-refractivity contribution in [3.8, 4) is 116 Å². The molecule has 0 N–H and O–H groups in total. The molecule has 598 valence electrons. The minimum Gasteiger partial charge on any atom is -0.455 e. The molecule has 4 aromatic heterocycles. The summed E-state index contributed by atoms with van der Waals surface area (Å²) in [7, 11) is 0. The minimum absolute atomic E-state index is 0.946. The molecule has 0 atom stereocenters. The number of para-hydroxylation sites is 3. The molecule has 0 radical (unpaired) electrons. The summed E-state index contributed by atoms with van der Waals surface area (Å²) < 4.78 is 11.2. The second-order valence-corrected chi connectivity index (χ2v) is 33.6. The van der Waals surface area contributed by atoms with E-state index >= 15 is 0 Å². The summed E-state index contributed by atoms with van der Waals surface area (Å²) in [5.74, 6) is 0. The molecule has 22 aromatic rings. The Morgan fingerprint density at radius 2 is 0.573 bits per heavy atom. The molecule has 0 saturated heterocycles. The van der Waals surface area contributed by atoms with Crippen LogP contribution in [-0.2, 0) is 0 Å². The van der Waals surface area contributed by atoms with E-state index in [0.717, 1.165) is 16.7 Å². The van der Waals surface area contributed by atoms with E-state index in [1.807, 2.05) is 40.9 Å². The van der Waals surface area contributed by atoms with Crippen molar-refractivity contribution in [3.63, 3.8) is 0 Å². The summed E-state index contributed by atoms with van der Waals surface area (Å²) in [5.41, 5.74) is 34.8. The lowest BCUT2D eigenvalue weighted by molar-refractivity contribution is 0.670. The van der Waals surface area contributed by atoms with Gasteiger partial charge in [-0.1, -0.05) is 440 Å². The molecule has 0 unspecified atom stereocenters. The Morgan fingerprint density at radius 3 is 1.09 bits per heavy atom. The standard InChI is InChI=1S/C27H21N.C19H14O.C19H14S.2C19H16.C17H14S/c1-20-17-18-25-24(19-20)26(21-11-5-2-6-12-21)27(22-13-7-3-8-14-22)28(25)23-15-9-4-10-16-23;2*1-13-9-11-14(12-10-13)15-6-4-7-17-16-5-2-3-8-18(16)20-19(15)17;1-15-12-18(16-8-4-2-5-9-16)14-19(13-15)17-10-6-3-7-11-17;1-15-7-9-17(10-8-15)19-13-11-18(12-14-19)16-5-3-2-4-6-16;1-13-7-9-15(10-8-13)17-12-11-16(18-17)14-5-3-2-4-6-14/h2-19H,1H3;2*2-12H,1H3;2*2-14H,1H3;2-12H,1H3. The third-order valence-electron chi connectivity index (χ3n) is 22.4. The molecule has 0 amide bonds. The van der Waals surface area contributed by atoms with Gasteiger partial charge in [-0.15, -0.1) is 22.7 Å². The van der Waals surface area contributed by atoms with E-state index in [-0.39, 0.29) is 0 Å². The van der Waals surface area contributed by atoms with Gasteiger partial charge in [0.1, 0.15) is 11.2 Å². The first kappa shape index (κ1) is 81.6. The van der Waals surface area contributed by atoms with Crippen LogP contribution >= 0.6 is 22.7 Å². The maximum atomic E-state index is 6.07. The van der Waals surface area contributed by atoms with Gasteiger partial charge in [0.2, 0.25) is 0 Å². The SMILES string of the molecule is Cc1cc(-c2ccccc2)cc(-c2ccccc2)c1.Cc1ccc(-c2ccc(-c3ccccc3)cc2)cc1.Cc1ccc(-c2ccc(-c3ccccc3)s2)cc1.Cc1ccc(-c2cccc3c2oc2ccccc23)cc1.Cc1ccc(-c2cccc3c2sc2ccccc23)cc1.Cc1ccc2c(c1)c(-c1ccccc1)c(-c1ccccc1)n2-c1ccccc1. The molecule has 0 bridgehead atoms. The molecule has 4 heterocycles. The van der Waals surface area contributed by atoms with E-state index in [9.17, 15) is 0 Å². The molecule has 0 aliphatic carbocycles. The second kappa shape index (κ2) is 38.7. The molecule has 4 heteroatoms. The summed E-state index contributed by atoms with van der Waals surface area (Å²) in [6.45, 7) is 12.8.